The fourth-order valence-corrected chi connectivity index (χ4v) is 3.24. The Balaban J connectivity index is 1.78. The molecule has 0 radical (unpaired) electrons. The third-order valence-electron chi connectivity index (χ3n) is 3.05. The number of thiazole rings is 1. The van der Waals surface area contributed by atoms with Gasteiger partial charge in [0.05, 0.1) is 10.2 Å². The number of amides is 2. The fraction of sp³-hybridized carbons (Fsp3) is 0.0667. The summed E-state index contributed by atoms with van der Waals surface area (Å²) in [5.41, 5.74) is 2.32. The molecule has 0 unspecified atom stereocenters. The number of fused-ring (bicyclic) bond motifs is 1. The molecular weight excluding hydrogens is 341 g/mol. The Labute approximate surface area is 141 Å². The number of carbonyl (C=O) groups is 1. The second-order valence-corrected chi connectivity index (χ2v) is 6.50. The molecule has 7 heteroatoms. The molecule has 0 aliphatic heterocycles. The molecule has 1 aromatic heterocycles. The Bertz CT molecular complexity index is 863. The van der Waals surface area contributed by atoms with E-state index < -0.39 is 0 Å². The highest BCUT2D eigenvalue weighted by Crippen LogP contribution is 2.31. The van der Waals surface area contributed by atoms with Crippen LogP contribution in [-0.2, 0) is 0 Å². The molecule has 0 aliphatic carbocycles. The minimum Gasteiger partial charge on any atom is -0.308 e. The highest BCUT2D eigenvalue weighted by Gasteiger charge is 2.11. The van der Waals surface area contributed by atoms with Gasteiger partial charge in [-0.05, 0) is 42.8 Å². The second-order valence-electron chi connectivity index (χ2n) is 4.63. The van der Waals surface area contributed by atoms with Crippen LogP contribution >= 0.6 is 34.5 Å². The number of benzene rings is 2. The lowest BCUT2D eigenvalue weighted by molar-refractivity contribution is 0.262. The van der Waals surface area contributed by atoms with Crippen LogP contribution in [0.3, 0.4) is 0 Å². The predicted molar refractivity (Wildman–Crippen MR) is 93.5 cm³/mol. The van der Waals surface area contributed by atoms with Crippen molar-refractivity contribution in [2.24, 2.45) is 0 Å². The van der Waals surface area contributed by atoms with Gasteiger partial charge >= 0.3 is 6.03 Å². The van der Waals surface area contributed by atoms with E-state index in [1.165, 1.54) is 11.3 Å². The summed E-state index contributed by atoms with van der Waals surface area (Å²) >= 11 is 13.4. The number of rotatable bonds is 2. The number of aromatic nitrogens is 1. The average molecular weight is 352 g/mol. The van der Waals surface area contributed by atoms with E-state index in [1.807, 2.05) is 19.1 Å². The van der Waals surface area contributed by atoms with E-state index in [1.54, 1.807) is 24.3 Å². The number of carbonyl (C=O) groups excluding carboxylic acids is 1. The molecule has 2 aromatic carbocycles. The van der Waals surface area contributed by atoms with E-state index in [0.717, 1.165) is 15.8 Å². The molecule has 2 N–H and O–H groups in total. The van der Waals surface area contributed by atoms with Crippen molar-refractivity contribution in [2.45, 2.75) is 6.92 Å². The first kappa shape index (κ1) is 15.1. The SMILES string of the molecule is Cc1c(Cl)ccc2sc(NC(=O)Nc3cccc(Cl)c3)nc12. The summed E-state index contributed by atoms with van der Waals surface area (Å²) < 4.78 is 0.972. The zero-order valence-electron chi connectivity index (χ0n) is 11.5. The van der Waals surface area contributed by atoms with Crippen LogP contribution < -0.4 is 10.6 Å². The molecule has 3 rings (SSSR count). The van der Waals surface area contributed by atoms with Crippen LogP contribution in [0, 0.1) is 6.92 Å². The number of hydrogen-bond donors (Lipinski definition) is 2. The maximum Gasteiger partial charge on any atom is 0.325 e. The maximum absolute atomic E-state index is 12.0. The van der Waals surface area contributed by atoms with Gasteiger partial charge in [0.2, 0.25) is 0 Å². The molecule has 3 aromatic rings. The molecular formula is C15H11Cl2N3OS. The van der Waals surface area contributed by atoms with E-state index in [9.17, 15) is 4.79 Å². The van der Waals surface area contributed by atoms with Crippen LogP contribution in [0.25, 0.3) is 10.2 Å². The van der Waals surface area contributed by atoms with Crippen molar-refractivity contribution in [3.05, 3.63) is 52.0 Å². The lowest BCUT2D eigenvalue weighted by Crippen LogP contribution is -2.19. The van der Waals surface area contributed by atoms with Gasteiger partial charge in [-0.3, -0.25) is 5.32 Å². The molecule has 0 spiro atoms. The van der Waals surface area contributed by atoms with E-state index in [2.05, 4.69) is 15.6 Å². The molecule has 0 bridgehead atoms. The Morgan fingerprint density at radius 1 is 1.18 bits per heavy atom. The van der Waals surface area contributed by atoms with E-state index in [0.29, 0.717) is 20.9 Å². The topological polar surface area (TPSA) is 54.0 Å². The normalized spacial score (nSPS) is 10.7. The highest BCUT2D eigenvalue weighted by molar-refractivity contribution is 7.22. The van der Waals surface area contributed by atoms with Gasteiger partial charge in [0, 0.05) is 15.7 Å². The first-order chi connectivity index (χ1) is 10.5. The Kier molecular flexibility index (Phi) is 4.20. The quantitative estimate of drug-likeness (QED) is 0.635. The maximum atomic E-state index is 12.0. The molecule has 4 nitrogen and oxygen atoms in total. The summed E-state index contributed by atoms with van der Waals surface area (Å²) in [6.07, 6.45) is 0. The number of urea groups is 1. The largest absolute Gasteiger partial charge is 0.325 e. The number of hydrogen-bond acceptors (Lipinski definition) is 3. The van der Waals surface area contributed by atoms with Crippen molar-refractivity contribution in [3.8, 4) is 0 Å². The van der Waals surface area contributed by atoms with Crippen LogP contribution in [-0.4, -0.2) is 11.0 Å². The monoisotopic (exact) mass is 351 g/mol. The molecule has 1 heterocycles. The lowest BCUT2D eigenvalue weighted by Gasteiger charge is -2.05. The van der Waals surface area contributed by atoms with Crippen LogP contribution in [0.1, 0.15) is 5.56 Å². The van der Waals surface area contributed by atoms with Gasteiger partial charge in [-0.25, -0.2) is 9.78 Å². The first-order valence-electron chi connectivity index (χ1n) is 6.42. The fourth-order valence-electron chi connectivity index (χ4n) is 1.98. The molecule has 0 fully saturated rings. The van der Waals surface area contributed by atoms with Gasteiger partial charge in [-0.2, -0.15) is 0 Å². The zero-order valence-corrected chi connectivity index (χ0v) is 13.8. The Morgan fingerprint density at radius 2 is 2.00 bits per heavy atom. The number of nitrogens with zero attached hydrogens (tertiary/aromatic N) is 1. The summed E-state index contributed by atoms with van der Waals surface area (Å²) in [7, 11) is 0. The lowest BCUT2D eigenvalue weighted by atomic mass is 10.2. The zero-order chi connectivity index (χ0) is 15.7. The van der Waals surface area contributed by atoms with Crippen LogP contribution in [0.15, 0.2) is 36.4 Å². The van der Waals surface area contributed by atoms with E-state index in [-0.39, 0.29) is 6.03 Å². The molecule has 0 atom stereocenters. The molecule has 22 heavy (non-hydrogen) atoms. The standard InChI is InChI=1S/C15H11Cl2N3OS/c1-8-11(17)5-6-12-13(8)19-15(22-12)20-14(21)18-10-4-2-3-9(16)7-10/h2-7H,1H3,(H2,18,19,20,21). The highest BCUT2D eigenvalue weighted by atomic mass is 35.5. The van der Waals surface area contributed by atoms with Gasteiger partial charge in [-0.15, -0.1) is 0 Å². The second kappa shape index (κ2) is 6.12. The summed E-state index contributed by atoms with van der Waals surface area (Å²) in [5, 5.41) is 7.16. The number of halogens is 2. The van der Waals surface area contributed by atoms with Crippen molar-refractivity contribution in [1.29, 1.82) is 0 Å². The predicted octanol–water partition coefficient (Wildman–Crippen LogP) is 5.56. The molecule has 0 saturated heterocycles. The molecule has 0 aliphatic rings. The number of anilines is 2. The van der Waals surface area contributed by atoms with Crippen molar-refractivity contribution in [1.82, 2.24) is 4.98 Å². The minimum atomic E-state index is -0.370. The average Bonchev–Trinajstić information content (AvgIpc) is 2.86. The number of aryl methyl sites for hydroxylation is 1. The van der Waals surface area contributed by atoms with Crippen molar-refractivity contribution in [2.75, 3.05) is 10.6 Å². The van der Waals surface area contributed by atoms with Gasteiger partial charge in [0.25, 0.3) is 0 Å². The van der Waals surface area contributed by atoms with Crippen LogP contribution in [0.5, 0.6) is 0 Å². The molecule has 2 amide bonds. The summed E-state index contributed by atoms with van der Waals surface area (Å²) in [5.74, 6) is 0. The number of nitrogens with one attached hydrogen (secondary N) is 2. The van der Waals surface area contributed by atoms with Gasteiger partial charge in [-0.1, -0.05) is 40.6 Å². The van der Waals surface area contributed by atoms with Crippen LogP contribution in [0.4, 0.5) is 15.6 Å². The first-order valence-corrected chi connectivity index (χ1v) is 7.99. The summed E-state index contributed by atoms with van der Waals surface area (Å²) in [6, 6.07) is 10.3. The Morgan fingerprint density at radius 3 is 2.77 bits per heavy atom. The summed E-state index contributed by atoms with van der Waals surface area (Å²) in [4.78, 5) is 16.4. The van der Waals surface area contributed by atoms with Crippen LogP contribution in [0.2, 0.25) is 10.0 Å². The van der Waals surface area contributed by atoms with Crippen molar-refractivity contribution >= 4 is 61.6 Å². The smallest absolute Gasteiger partial charge is 0.308 e. The third kappa shape index (κ3) is 3.16. The summed E-state index contributed by atoms with van der Waals surface area (Å²) in [6.45, 7) is 1.90. The Hall–Kier alpha value is -1.82. The third-order valence-corrected chi connectivity index (χ3v) is 4.63. The van der Waals surface area contributed by atoms with Crippen molar-refractivity contribution in [3.63, 3.8) is 0 Å². The van der Waals surface area contributed by atoms with Gasteiger partial charge in [0.1, 0.15) is 0 Å². The van der Waals surface area contributed by atoms with E-state index in [4.69, 9.17) is 23.2 Å². The van der Waals surface area contributed by atoms with Gasteiger partial charge < -0.3 is 5.32 Å². The van der Waals surface area contributed by atoms with Gasteiger partial charge in [0.15, 0.2) is 5.13 Å². The molecule has 0 saturated carbocycles. The van der Waals surface area contributed by atoms with E-state index >= 15 is 0 Å². The molecule has 112 valence electrons. The van der Waals surface area contributed by atoms with Crippen molar-refractivity contribution < 1.29 is 4.79 Å². The minimum absolute atomic E-state index is 0.370.